The number of carbonyl (C=O) groups is 1. The summed E-state index contributed by atoms with van der Waals surface area (Å²) >= 11 is 5.00. The highest BCUT2D eigenvalue weighted by atomic mass is 79.9. The number of carbonyl (C=O) groups excluding carboxylic acids is 1. The molecule has 29 heavy (non-hydrogen) atoms. The van der Waals surface area contributed by atoms with Gasteiger partial charge in [0.25, 0.3) is 5.91 Å². The Kier molecular flexibility index (Phi) is 6.01. The van der Waals surface area contributed by atoms with Gasteiger partial charge in [-0.25, -0.2) is 9.40 Å². The zero-order chi connectivity index (χ0) is 20.4. The summed E-state index contributed by atoms with van der Waals surface area (Å²) in [6.07, 6.45) is 2.82. The maximum atomic E-state index is 13.4. The monoisotopic (exact) mass is 474 g/mol. The van der Waals surface area contributed by atoms with Gasteiger partial charge < -0.3 is 0 Å². The highest BCUT2D eigenvalue weighted by Crippen LogP contribution is 2.31. The first-order chi connectivity index (χ1) is 14.1. The van der Waals surface area contributed by atoms with Crippen LogP contribution >= 0.6 is 27.7 Å². The van der Waals surface area contributed by atoms with Crippen LogP contribution in [0.2, 0.25) is 0 Å². The van der Waals surface area contributed by atoms with Crippen LogP contribution in [0, 0.1) is 5.82 Å². The van der Waals surface area contributed by atoms with Gasteiger partial charge in [0, 0.05) is 15.4 Å². The number of thioether (sulfide) groups is 1. The van der Waals surface area contributed by atoms with E-state index < -0.39 is 6.17 Å². The van der Waals surface area contributed by atoms with Crippen molar-refractivity contribution in [2.45, 2.75) is 32.4 Å². The van der Waals surface area contributed by atoms with E-state index in [1.165, 1.54) is 23.9 Å². The first-order valence-corrected chi connectivity index (χ1v) is 11.3. The first-order valence-electron chi connectivity index (χ1n) is 9.52. The van der Waals surface area contributed by atoms with Crippen LogP contribution in [0.3, 0.4) is 0 Å². The van der Waals surface area contributed by atoms with Gasteiger partial charge in [0.2, 0.25) is 0 Å². The van der Waals surface area contributed by atoms with Crippen LogP contribution in [0.5, 0.6) is 0 Å². The lowest BCUT2D eigenvalue weighted by molar-refractivity contribution is -0.116. The molecule has 0 saturated heterocycles. The fraction of sp³-hybridized carbons (Fsp3) is 0.286. The smallest absolute Gasteiger partial charge is 0.276 e. The van der Waals surface area contributed by atoms with E-state index in [2.05, 4.69) is 28.2 Å². The zero-order valence-corrected chi connectivity index (χ0v) is 18.3. The lowest BCUT2D eigenvalue weighted by atomic mass is 10.1. The molecule has 2 aliphatic heterocycles. The number of unbranched alkanes of at least 4 members (excludes halogenated alkanes) is 2. The number of halogens is 2. The third kappa shape index (κ3) is 4.23. The van der Waals surface area contributed by atoms with E-state index in [0.717, 1.165) is 35.1 Å². The van der Waals surface area contributed by atoms with E-state index in [1.807, 2.05) is 18.2 Å². The molecular weight excluding hydrogens is 455 g/mol. The third-order valence-electron chi connectivity index (χ3n) is 4.72. The Morgan fingerprint density at radius 3 is 2.76 bits per heavy atom. The van der Waals surface area contributed by atoms with Gasteiger partial charge in [0.05, 0.1) is 5.36 Å². The second-order valence-electron chi connectivity index (χ2n) is 6.82. The summed E-state index contributed by atoms with van der Waals surface area (Å²) in [6.45, 7) is 2.16. The number of fused-ring (bicyclic) bond motifs is 2. The summed E-state index contributed by atoms with van der Waals surface area (Å²) in [6, 6.07) is 11.8. The number of nitrogens with one attached hydrogen (secondary N) is 1. The number of rotatable bonds is 5. The standard InChI is InChI=1S/C21H20BrFN4OS/c1-2-3-4-11-29-21-25-20(28)18-16-12-14(22)7-10-17(16)24-19(27(18)26-21)13-5-8-15(23)9-6-13/h5-10,12,19H,2-4,11H2,1H3,(H,25,26,28). The van der Waals surface area contributed by atoms with Gasteiger partial charge in [-0.2, -0.15) is 0 Å². The maximum Gasteiger partial charge on any atom is 0.276 e. The molecule has 1 unspecified atom stereocenters. The molecule has 0 aromatic heterocycles. The number of hydrogen-bond acceptors (Lipinski definition) is 5. The van der Waals surface area contributed by atoms with Crippen LogP contribution in [-0.2, 0) is 4.79 Å². The highest BCUT2D eigenvalue weighted by molar-refractivity contribution is 9.10. The van der Waals surface area contributed by atoms with Gasteiger partial charge in [-0.15, -0.1) is 5.10 Å². The second-order valence-corrected chi connectivity index (χ2v) is 8.82. The second kappa shape index (κ2) is 8.67. The average molecular weight is 475 g/mol. The first kappa shape index (κ1) is 20.1. The fourth-order valence-corrected chi connectivity index (χ4v) is 4.50. The van der Waals surface area contributed by atoms with Crippen molar-refractivity contribution in [2.24, 2.45) is 10.1 Å². The molecule has 2 heterocycles. The molecular formula is C21H20BrFN4OS. The summed E-state index contributed by atoms with van der Waals surface area (Å²) < 4.78 is 14.3. The average Bonchev–Trinajstić information content (AvgIpc) is 2.71. The zero-order valence-electron chi connectivity index (χ0n) is 15.9. The SMILES string of the molecule is CCCCCSC1=NN2C(=c3cc(Br)ccc3=NC2c2ccc(F)cc2)C(=O)N1. The molecule has 0 aliphatic carbocycles. The largest absolute Gasteiger partial charge is 0.298 e. The molecule has 2 aliphatic rings. The van der Waals surface area contributed by atoms with Gasteiger partial charge in [0.15, 0.2) is 11.3 Å². The number of amides is 1. The van der Waals surface area contributed by atoms with Crippen LogP contribution in [0.1, 0.15) is 37.9 Å². The molecule has 5 nitrogen and oxygen atoms in total. The van der Waals surface area contributed by atoms with Crippen molar-refractivity contribution in [3.8, 4) is 0 Å². The van der Waals surface area contributed by atoms with E-state index in [4.69, 9.17) is 10.1 Å². The van der Waals surface area contributed by atoms with E-state index in [9.17, 15) is 9.18 Å². The van der Waals surface area contributed by atoms with Crippen molar-refractivity contribution in [2.75, 3.05) is 5.75 Å². The molecule has 150 valence electrons. The Hall–Kier alpha value is -2.19. The molecule has 0 radical (unpaired) electrons. The Balaban J connectivity index is 1.79. The Morgan fingerprint density at radius 1 is 1.21 bits per heavy atom. The van der Waals surface area contributed by atoms with Crippen LogP contribution in [0.15, 0.2) is 57.0 Å². The predicted molar refractivity (Wildman–Crippen MR) is 117 cm³/mol. The van der Waals surface area contributed by atoms with Gasteiger partial charge in [-0.05, 0) is 42.3 Å². The molecule has 4 rings (SSSR count). The summed E-state index contributed by atoms with van der Waals surface area (Å²) in [7, 11) is 0. The van der Waals surface area contributed by atoms with Crippen LogP contribution in [0.4, 0.5) is 4.39 Å². The third-order valence-corrected chi connectivity index (χ3v) is 6.17. The van der Waals surface area contributed by atoms with E-state index >= 15 is 0 Å². The van der Waals surface area contributed by atoms with Crippen LogP contribution in [-0.4, -0.2) is 21.8 Å². The van der Waals surface area contributed by atoms with E-state index in [0.29, 0.717) is 21.4 Å². The molecule has 0 spiro atoms. The Labute approximate surface area is 180 Å². The van der Waals surface area contributed by atoms with Crippen molar-refractivity contribution in [3.05, 3.63) is 68.9 Å². The molecule has 1 atom stereocenters. The normalized spacial score (nSPS) is 17.8. The summed E-state index contributed by atoms with van der Waals surface area (Å²) in [5.41, 5.74) is 1.22. The van der Waals surface area contributed by atoms with Crippen LogP contribution < -0.4 is 15.9 Å². The fourth-order valence-electron chi connectivity index (χ4n) is 3.29. The molecule has 2 aromatic carbocycles. The van der Waals surface area contributed by atoms with Gasteiger partial charge in [-0.3, -0.25) is 15.1 Å². The minimum atomic E-state index is -0.531. The van der Waals surface area contributed by atoms with Gasteiger partial charge in [0.1, 0.15) is 11.5 Å². The lowest BCUT2D eigenvalue weighted by Crippen LogP contribution is -2.50. The summed E-state index contributed by atoms with van der Waals surface area (Å²) in [4.78, 5) is 17.8. The predicted octanol–water partition coefficient (Wildman–Crippen LogP) is 3.65. The number of nitrogens with zero attached hydrogens (tertiary/aromatic N) is 3. The van der Waals surface area contributed by atoms with Gasteiger partial charge >= 0.3 is 0 Å². The molecule has 8 heteroatoms. The Bertz CT molecular complexity index is 1090. The number of hydrogen-bond donors (Lipinski definition) is 1. The van der Waals surface area contributed by atoms with Crippen molar-refractivity contribution >= 4 is 44.5 Å². The maximum absolute atomic E-state index is 13.4. The minimum absolute atomic E-state index is 0.209. The number of benzene rings is 2. The molecule has 0 saturated carbocycles. The Morgan fingerprint density at radius 2 is 2.00 bits per heavy atom. The number of hydrazone groups is 1. The molecule has 1 N–H and O–H groups in total. The van der Waals surface area contributed by atoms with Crippen molar-refractivity contribution < 1.29 is 9.18 Å². The summed E-state index contributed by atoms with van der Waals surface area (Å²) in [5.74, 6) is 0.362. The molecule has 0 fully saturated rings. The van der Waals surface area contributed by atoms with Gasteiger partial charge in [-0.1, -0.05) is 59.6 Å². The minimum Gasteiger partial charge on any atom is -0.298 e. The lowest BCUT2D eigenvalue weighted by Gasteiger charge is -2.34. The van der Waals surface area contributed by atoms with E-state index in [-0.39, 0.29) is 11.7 Å². The van der Waals surface area contributed by atoms with Crippen LogP contribution in [0.25, 0.3) is 5.70 Å². The molecule has 2 aromatic rings. The quantitative estimate of drug-likeness (QED) is 0.672. The van der Waals surface area contributed by atoms with E-state index in [1.54, 1.807) is 17.1 Å². The summed E-state index contributed by atoms with van der Waals surface area (Å²) in [5, 5.41) is 11.3. The van der Waals surface area contributed by atoms with Crippen molar-refractivity contribution in [1.29, 1.82) is 0 Å². The van der Waals surface area contributed by atoms with Crippen molar-refractivity contribution in [1.82, 2.24) is 10.3 Å². The number of amidine groups is 1. The molecule has 0 bridgehead atoms. The molecule has 1 amide bonds. The highest BCUT2D eigenvalue weighted by Gasteiger charge is 2.34. The topological polar surface area (TPSA) is 57.1 Å². The van der Waals surface area contributed by atoms with Crippen molar-refractivity contribution in [3.63, 3.8) is 0 Å².